The van der Waals surface area contributed by atoms with Crippen molar-refractivity contribution in [2.45, 2.75) is 12.6 Å². The lowest BCUT2D eigenvalue weighted by Gasteiger charge is -2.32. The highest BCUT2D eigenvalue weighted by atomic mass is 16.5. The second-order valence-corrected chi connectivity index (χ2v) is 5.48. The first-order valence-corrected chi connectivity index (χ1v) is 7.63. The van der Waals surface area contributed by atoms with Gasteiger partial charge in [0.15, 0.2) is 5.76 Å². The molecule has 1 aromatic carbocycles. The van der Waals surface area contributed by atoms with Gasteiger partial charge in [-0.25, -0.2) is 0 Å². The third-order valence-electron chi connectivity index (χ3n) is 3.88. The van der Waals surface area contributed by atoms with Crippen LogP contribution in [0.15, 0.2) is 57.6 Å². The van der Waals surface area contributed by atoms with Crippen LogP contribution in [0.5, 0.6) is 0 Å². The molecule has 0 aliphatic carbocycles. The highest BCUT2D eigenvalue weighted by Crippen LogP contribution is 2.24. The van der Waals surface area contributed by atoms with Gasteiger partial charge in [0.25, 0.3) is 5.89 Å². The van der Waals surface area contributed by atoms with Crippen molar-refractivity contribution in [1.82, 2.24) is 15.1 Å². The topological polar surface area (TPSA) is 64.5 Å². The minimum atomic E-state index is 0.0809. The summed E-state index contributed by atoms with van der Waals surface area (Å²) in [4.78, 5) is 2.26. The summed E-state index contributed by atoms with van der Waals surface area (Å²) >= 11 is 0. The molecule has 0 spiro atoms. The van der Waals surface area contributed by atoms with Crippen molar-refractivity contribution in [3.8, 4) is 11.7 Å². The third-order valence-corrected chi connectivity index (χ3v) is 3.88. The fourth-order valence-electron chi connectivity index (χ4n) is 2.72. The minimum Gasteiger partial charge on any atom is -0.459 e. The van der Waals surface area contributed by atoms with Gasteiger partial charge in [0.2, 0.25) is 5.89 Å². The van der Waals surface area contributed by atoms with Gasteiger partial charge in [-0.3, -0.25) is 4.90 Å². The van der Waals surface area contributed by atoms with Crippen LogP contribution in [0.3, 0.4) is 0 Å². The number of hydrogen-bond donors (Lipinski definition) is 0. The zero-order valence-corrected chi connectivity index (χ0v) is 12.6. The van der Waals surface area contributed by atoms with Gasteiger partial charge in [0.1, 0.15) is 0 Å². The number of morpholine rings is 1. The van der Waals surface area contributed by atoms with Gasteiger partial charge in [-0.2, -0.15) is 0 Å². The second-order valence-electron chi connectivity index (χ2n) is 5.48. The van der Waals surface area contributed by atoms with Gasteiger partial charge in [0, 0.05) is 13.1 Å². The second kappa shape index (κ2) is 6.36. The Bertz CT molecular complexity index is 740. The average molecular weight is 311 g/mol. The fourth-order valence-corrected chi connectivity index (χ4v) is 2.72. The molecular weight excluding hydrogens is 294 g/mol. The van der Waals surface area contributed by atoms with Crippen molar-refractivity contribution >= 4 is 0 Å². The Morgan fingerprint density at radius 3 is 2.83 bits per heavy atom. The molecular formula is C17H17N3O3. The van der Waals surface area contributed by atoms with Gasteiger partial charge in [-0.05, 0) is 17.7 Å². The molecule has 118 valence electrons. The van der Waals surface area contributed by atoms with Crippen LogP contribution in [0.1, 0.15) is 17.6 Å². The summed E-state index contributed by atoms with van der Waals surface area (Å²) in [6.45, 7) is 2.96. The van der Waals surface area contributed by atoms with Crippen LogP contribution in [0.4, 0.5) is 0 Å². The predicted molar refractivity (Wildman–Crippen MR) is 82.4 cm³/mol. The molecule has 3 aromatic rings. The van der Waals surface area contributed by atoms with Crippen LogP contribution < -0.4 is 0 Å². The Hall–Kier alpha value is -2.44. The number of hydrogen-bond acceptors (Lipinski definition) is 6. The Morgan fingerprint density at radius 2 is 2.00 bits per heavy atom. The zero-order chi connectivity index (χ0) is 15.5. The number of nitrogens with zero attached hydrogens (tertiary/aromatic N) is 3. The van der Waals surface area contributed by atoms with Gasteiger partial charge < -0.3 is 13.6 Å². The number of benzene rings is 1. The quantitative estimate of drug-likeness (QED) is 0.738. The maximum Gasteiger partial charge on any atom is 0.283 e. The van der Waals surface area contributed by atoms with E-state index in [9.17, 15) is 0 Å². The number of ether oxygens (including phenoxy) is 1. The molecule has 1 aliphatic rings. The summed E-state index contributed by atoms with van der Waals surface area (Å²) in [5.41, 5.74) is 1.19. The van der Waals surface area contributed by atoms with E-state index < -0.39 is 0 Å². The molecule has 0 N–H and O–H groups in total. The molecule has 1 aliphatic heterocycles. The van der Waals surface area contributed by atoms with E-state index in [0.717, 1.165) is 13.1 Å². The first kappa shape index (κ1) is 14.2. The van der Waals surface area contributed by atoms with Gasteiger partial charge in [0.05, 0.1) is 25.5 Å². The molecule has 0 radical (unpaired) electrons. The standard InChI is InChI=1S/C17H17N3O3/c1-2-5-13(6-3-1)15-11-20(8-10-22-15)12-16-18-19-17(23-16)14-7-4-9-21-14/h1-7,9,15H,8,10-12H2. The van der Waals surface area contributed by atoms with E-state index in [-0.39, 0.29) is 6.10 Å². The van der Waals surface area contributed by atoms with Crippen LogP contribution in [0, 0.1) is 0 Å². The highest BCUT2D eigenvalue weighted by molar-refractivity contribution is 5.42. The Kier molecular flexibility index (Phi) is 3.92. The van der Waals surface area contributed by atoms with Crippen molar-refractivity contribution in [2.75, 3.05) is 19.7 Å². The van der Waals surface area contributed by atoms with E-state index in [4.69, 9.17) is 13.6 Å². The Morgan fingerprint density at radius 1 is 1.09 bits per heavy atom. The average Bonchev–Trinajstić information content (AvgIpc) is 3.27. The van der Waals surface area contributed by atoms with Crippen LogP contribution in [-0.4, -0.2) is 34.8 Å². The summed E-state index contributed by atoms with van der Waals surface area (Å²) in [5.74, 6) is 1.59. The summed E-state index contributed by atoms with van der Waals surface area (Å²) in [7, 11) is 0. The van der Waals surface area contributed by atoms with E-state index in [0.29, 0.717) is 30.7 Å². The van der Waals surface area contributed by atoms with E-state index in [1.54, 1.807) is 18.4 Å². The van der Waals surface area contributed by atoms with Crippen LogP contribution in [0.25, 0.3) is 11.7 Å². The molecule has 0 amide bonds. The third kappa shape index (κ3) is 3.18. The maximum atomic E-state index is 5.87. The molecule has 2 aromatic heterocycles. The monoisotopic (exact) mass is 311 g/mol. The van der Waals surface area contributed by atoms with Crippen LogP contribution >= 0.6 is 0 Å². The SMILES string of the molecule is c1ccc(C2CN(Cc3nnc(-c4ccco4)o3)CCO2)cc1. The fraction of sp³-hybridized carbons (Fsp3) is 0.294. The molecule has 3 heterocycles. The molecule has 0 bridgehead atoms. The molecule has 1 fully saturated rings. The first-order chi connectivity index (χ1) is 11.4. The molecule has 23 heavy (non-hydrogen) atoms. The van der Waals surface area contributed by atoms with Gasteiger partial charge in [-0.1, -0.05) is 30.3 Å². The van der Waals surface area contributed by atoms with E-state index in [1.165, 1.54) is 5.56 Å². The van der Waals surface area contributed by atoms with E-state index in [2.05, 4.69) is 27.2 Å². The van der Waals surface area contributed by atoms with Crippen LogP contribution in [-0.2, 0) is 11.3 Å². The summed E-state index contributed by atoms with van der Waals surface area (Å²) in [6.07, 6.45) is 1.67. The van der Waals surface area contributed by atoms with E-state index >= 15 is 0 Å². The predicted octanol–water partition coefficient (Wildman–Crippen LogP) is 2.90. The molecule has 6 heteroatoms. The van der Waals surface area contributed by atoms with E-state index in [1.807, 2.05) is 18.2 Å². The van der Waals surface area contributed by atoms with Gasteiger partial charge >= 0.3 is 0 Å². The summed E-state index contributed by atoms with van der Waals surface area (Å²) in [6, 6.07) is 13.9. The van der Waals surface area contributed by atoms with Crippen molar-refractivity contribution < 1.29 is 13.6 Å². The van der Waals surface area contributed by atoms with Crippen molar-refractivity contribution in [3.05, 3.63) is 60.2 Å². The van der Waals surface area contributed by atoms with Crippen molar-refractivity contribution in [3.63, 3.8) is 0 Å². The molecule has 0 saturated carbocycles. The normalized spacial score (nSPS) is 19.0. The van der Waals surface area contributed by atoms with Gasteiger partial charge in [-0.15, -0.1) is 10.2 Å². The zero-order valence-electron chi connectivity index (χ0n) is 12.6. The molecule has 4 rings (SSSR count). The summed E-state index contributed by atoms with van der Waals surface area (Å²) in [5, 5.41) is 8.14. The lowest BCUT2D eigenvalue weighted by Crippen LogP contribution is -2.37. The summed E-state index contributed by atoms with van der Waals surface area (Å²) < 4.78 is 16.8. The lowest BCUT2D eigenvalue weighted by atomic mass is 10.1. The highest BCUT2D eigenvalue weighted by Gasteiger charge is 2.23. The molecule has 1 atom stereocenters. The number of furan rings is 1. The Balaban J connectivity index is 1.43. The number of rotatable bonds is 4. The molecule has 1 unspecified atom stereocenters. The molecule has 1 saturated heterocycles. The first-order valence-electron chi connectivity index (χ1n) is 7.63. The largest absolute Gasteiger partial charge is 0.459 e. The smallest absolute Gasteiger partial charge is 0.283 e. The maximum absolute atomic E-state index is 5.87. The van der Waals surface area contributed by atoms with Crippen molar-refractivity contribution in [2.24, 2.45) is 0 Å². The lowest BCUT2D eigenvalue weighted by molar-refractivity contribution is -0.0351. The molecule has 6 nitrogen and oxygen atoms in total. The minimum absolute atomic E-state index is 0.0809. The van der Waals surface area contributed by atoms with Crippen molar-refractivity contribution in [1.29, 1.82) is 0 Å². The number of aromatic nitrogens is 2. The van der Waals surface area contributed by atoms with Crippen LogP contribution in [0.2, 0.25) is 0 Å². The Labute approximate surface area is 133 Å².